The predicted octanol–water partition coefficient (Wildman–Crippen LogP) is 4.85. The highest BCUT2D eigenvalue weighted by Gasteiger charge is 2.19. The van der Waals surface area contributed by atoms with Crippen LogP contribution >= 0.6 is 11.6 Å². The Balaban J connectivity index is 2.31. The summed E-state index contributed by atoms with van der Waals surface area (Å²) in [4.78, 5) is 4.46. The summed E-state index contributed by atoms with van der Waals surface area (Å²) in [6.45, 7) is 1.91. The molecule has 6 heteroatoms. The van der Waals surface area contributed by atoms with Crippen LogP contribution in [-0.4, -0.2) is 19.2 Å². The Kier molecular flexibility index (Phi) is 5.20. The molecule has 2 N–H and O–H groups in total. The minimum atomic E-state index is 0.169. The zero-order chi connectivity index (χ0) is 19.6. The molecule has 0 fully saturated rings. The fourth-order valence-electron chi connectivity index (χ4n) is 3.08. The second kappa shape index (κ2) is 7.56. The highest BCUT2D eigenvalue weighted by atomic mass is 35.5. The van der Waals surface area contributed by atoms with E-state index in [1.807, 2.05) is 37.3 Å². The van der Waals surface area contributed by atoms with Crippen molar-refractivity contribution in [2.45, 2.75) is 6.92 Å². The fourth-order valence-corrected chi connectivity index (χ4v) is 3.27. The molecule has 0 amide bonds. The van der Waals surface area contributed by atoms with Gasteiger partial charge < -0.3 is 15.2 Å². The first kappa shape index (κ1) is 18.6. The Bertz CT molecular complexity index is 1060. The van der Waals surface area contributed by atoms with E-state index < -0.39 is 0 Å². The third kappa shape index (κ3) is 3.40. The zero-order valence-corrected chi connectivity index (χ0v) is 16.0. The van der Waals surface area contributed by atoms with Crippen LogP contribution in [0.2, 0.25) is 5.02 Å². The number of benzene rings is 2. The van der Waals surface area contributed by atoms with Crippen LogP contribution in [-0.2, 0) is 0 Å². The summed E-state index contributed by atoms with van der Waals surface area (Å²) in [7, 11) is 3.14. The highest BCUT2D eigenvalue weighted by Crippen LogP contribution is 2.39. The van der Waals surface area contributed by atoms with Gasteiger partial charge in [0.1, 0.15) is 17.5 Å². The van der Waals surface area contributed by atoms with Crippen LogP contribution in [0.1, 0.15) is 11.1 Å². The molecule has 0 aliphatic carbocycles. The van der Waals surface area contributed by atoms with Crippen molar-refractivity contribution in [3.05, 3.63) is 58.6 Å². The zero-order valence-electron chi connectivity index (χ0n) is 15.2. The Hall–Kier alpha value is -3.23. The van der Waals surface area contributed by atoms with Crippen molar-refractivity contribution >= 4 is 17.4 Å². The van der Waals surface area contributed by atoms with E-state index in [0.29, 0.717) is 33.3 Å². The van der Waals surface area contributed by atoms with E-state index in [1.54, 1.807) is 26.4 Å². The summed E-state index contributed by atoms with van der Waals surface area (Å²) in [5, 5.41) is 10.3. The lowest BCUT2D eigenvalue weighted by atomic mass is 9.92. The molecule has 0 unspecified atom stereocenters. The summed E-state index contributed by atoms with van der Waals surface area (Å²) < 4.78 is 10.7. The van der Waals surface area contributed by atoms with E-state index in [1.165, 1.54) is 0 Å². The Morgan fingerprint density at radius 2 is 1.78 bits per heavy atom. The first-order chi connectivity index (χ1) is 13.0. The van der Waals surface area contributed by atoms with E-state index in [0.717, 1.165) is 16.7 Å². The summed E-state index contributed by atoms with van der Waals surface area (Å²) in [6, 6.07) is 15.0. The SMILES string of the molecule is COc1ccc(-c2c(C)c(-c3cccc(Cl)c3)nc(N)c2C#N)cc1OC. The molecule has 136 valence electrons. The molecular formula is C21H18ClN3O2. The van der Waals surface area contributed by atoms with Crippen LogP contribution in [0.25, 0.3) is 22.4 Å². The molecule has 27 heavy (non-hydrogen) atoms. The predicted molar refractivity (Wildman–Crippen MR) is 107 cm³/mol. The summed E-state index contributed by atoms with van der Waals surface area (Å²) in [6.07, 6.45) is 0. The number of aromatic nitrogens is 1. The van der Waals surface area contributed by atoms with E-state index in [4.69, 9.17) is 26.8 Å². The largest absolute Gasteiger partial charge is 0.493 e. The highest BCUT2D eigenvalue weighted by molar-refractivity contribution is 6.30. The molecule has 0 saturated carbocycles. The van der Waals surface area contributed by atoms with Gasteiger partial charge in [0.2, 0.25) is 0 Å². The molecule has 0 saturated heterocycles. The number of methoxy groups -OCH3 is 2. The molecule has 3 aromatic rings. The van der Waals surface area contributed by atoms with Gasteiger partial charge >= 0.3 is 0 Å². The fraction of sp³-hybridized carbons (Fsp3) is 0.143. The standard InChI is InChI=1S/C21H18ClN3O2/c1-12-19(13-7-8-17(26-2)18(10-13)27-3)16(11-23)21(24)25-20(12)14-5-4-6-15(22)9-14/h4-10H,1-3H3,(H2,24,25). The third-order valence-electron chi connectivity index (χ3n) is 4.35. The van der Waals surface area contributed by atoms with Gasteiger partial charge in [-0.25, -0.2) is 4.98 Å². The molecule has 1 heterocycles. The van der Waals surface area contributed by atoms with Gasteiger partial charge in [-0.15, -0.1) is 0 Å². The van der Waals surface area contributed by atoms with Gasteiger partial charge in [-0.1, -0.05) is 29.8 Å². The number of anilines is 1. The molecule has 5 nitrogen and oxygen atoms in total. The number of ether oxygens (including phenoxy) is 2. The normalized spacial score (nSPS) is 10.3. The lowest BCUT2D eigenvalue weighted by Crippen LogP contribution is -2.03. The molecule has 2 aromatic carbocycles. The minimum Gasteiger partial charge on any atom is -0.493 e. The van der Waals surface area contributed by atoms with Gasteiger partial charge in [-0.2, -0.15) is 5.26 Å². The van der Waals surface area contributed by atoms with Crippen molar-refractivity contribution in [3.63, 3.8) is 0 Å². The van der Waals surface area contributed by atoms with Gasteiger partial charge in [0.15, 0.2) is 11.5 Å². The van der Waals surface area contributed by atoms with Gasteiger partial charge in [-0.3, -0.25) is 0 Å². The lowest BCUT2D eigenvalue weighted by molar-refractivity contribution is 0.355. The van der Waals surface area contributed by atoms with E-state index in [9.17, 15) is 5.26 Å². The van der Waals surface area contributed by atoms with Crippen LogP contribution in [0.3, 0.4) is 0 Å². The molecule has 0 spiro atoms. The Labute approximate surface area is 162 Å². The van der Waals surface area contributed by atoms with Crippen LogP contribution in [0, 0.1) is 18.3 Å². The van der Waals surface area contributed by atoms with Crippen molar-refractivity contribution in [2.24, 2.45) is 0 Å². The van der Waals surface area contributed by atoms with Gasteiger partial charge in [0, 0.05) is 16.1 Å². The number of halogens is 1. The molecule has 3 rings (SSSR count). The second-order valence-electron chi connectivity index (χ2n) is 5.91. The summed E-state index contributed by atoms with van der Waals surface area (Å²) in [5.41, 5.74) is 10.3. The average Bonchev–Trinajstić information content (AvgIpc) is 2.68. The number of nitriles is 1. The van der Waals surface area contributed by atoms with Crippen LogP contribution in [0.4, 0.5) is 5.82 Å². The van der Waals surface area contributed by atoms with Crippen LogP contribution < -0.4 is 15.2 Å². The smallest absolute Gasteiger partial charge is 0.161 e. The van der Waals surface area contributed by atoms with E-state index in [2.05, 4.69) is 11.1 Å². The number of pyridine rings is 1. The first-order valence-electron chi connectivity index (χ1n) is 8.18. The molecule has 1 aromatic heterocycles. The topological polar surface area (TPSA) is 81.2 Å². The van der Waals surface area contributed by atoms with Crippen molar-refractivity contribution < 1.29 is 9.47 Å². The number of hydrogen-bond acceptors (Lipinski definition) is 5. The van der Waals surface area contributed by atoms with Gasteiger partial charge in [0.25, 0.3) is 0 Å². The summed E-state index contributed by atoms with van der Waals surface area (Å²) >= 11 is 6.13. The van der Waals surface area contributed by atoms with Gasteiger partial charge in [-0.05, 0) is 42.3 Å². The number of nitrogen functional groups attached to an aromatic ring is 1. The number of nitrogens with zero attached hydrogens (tertiary/aromatic N) is 2. The monoisotopic (exact) mass is 379 g/mol. The van der Waals surface area contributed by atoms with Crippen LogP contribution in [0.5, 0.6) is 11.5 Å². The lowest BCUT2D eigenvalue weighted by Gasteiger charge is -2.16. The second-order valence-corrected chi connectivity index (χ2v) is 6.35. The molecule has 0 aliphatic rings. The first-order valence-corrected chi connectivity index (χ1v) is 8.56. The van der Waals surface area contributed by atoms with E-state index >= 15 is 0 Å². The number of hydrogen-bond donors (Lipinski definition) is 1. The Morgan fingerprint density at radius 3 is 2.41 bits per heavy atom. The van der Waals surface area contributed by atoms with Crippen molar-refractivity contribution in [1.29, 1.82) is 5.26 Å². The maximum absolute atomic E-state index is 9.67. The van der Waals surface area contributed by atoms with Crippen molar-refractivity contribution in [3.8, 4) is 40.0 Å². The molecule has 0 atom stereocenters. The molecule has 0 radical (unpaired) electrons. The number of nitrogens with two attached hydrogens (primary N) is 1. The van der Waals surface area contributed by atoms with E-state index in [-0.39, 0.29) is 5.82 Å². The Morgan fingerprint density at radius 1 is 1.04 bits per heavy atom. The number of rotatable bonds is 4. The molecule has 0 bridgehead atoms. The maximum atomic E-state index is 9.67. The van der Waals surface area contributed by atoms with Crippen LogP contribution in [0.15, 0.2) is 42.5 Å². The minimum absolute atomic E-state index is 0.169. The maximum Gasteiger partial charge on any atom is 0.161 e. The van der Waals surface area contributed by atoms with Gasteiger partial charge in [0.05, 0.1) is 19.9 Å². The van der Waals surface area contributed by atoms with Crippen molar-refractivity contribution in [1.82, 2.24) is 4.98 Å². The molecular weight excluding hydrogens is 362 g/mol. The molecule has 0 aliphatic heterocycles. The quantitative estimate of drug-likeness (QED) is 0.700. The average molecular weight is 380 g/mol. The summed E-state index contributed by atoms with van der Waals surface area (Å²) in [5.74, 6) is 1.34. The van der Waals surface area contributed by atoms with Crippen molar-refractivity contribution in [2.75, 3.05) is 20.0 Å². The third-order valence-corrected chi connectivity index (χ3v) is 4.59.